The Hall–Kier alpha value is -0.860. The van der Waals surface area contributed by atoms with Gasteiger partial charge in [0, 0.05) is 11.8 Å². The number of Topliss-reactive ketones (excluding diaryl/α,β-unsaturated/α-hetero) is 1. The van der Waals surface area contributed by atoms with Crippen molar-refractivity contribution in [3.05, 3.63) is 0 Å². The van der Waals surface area contributed by atoms with Crippen molar-refractivity contribution in [1.29, 1.82) is 0 Å². The lowest BCUT2D eigenvalue weighted by molar-refractivity contribution is -0.144. The molecule has 0 radical (unpaired) electrons. The molecule has 3 nitrogen and oxygen atoms in total. The summed E-state index contributed by atoms with van der Waals surface area (Å²) in [6, 6.07) is 0. The van der Waals surface area contributed by atoms with Crippen LogP contribution < -0.4 is 0 Å². The predicted octanol–water partition coefficient (Wildman–Crippen LogP) is 3.66. The van der Waals surface area contributed by atoms with Gasteiger partial charge in [0.1, 0.15) is 5.78 Å². The van der Waals surface area contributed by atoms with Crippen LogP contribution in [0.3, 0.4) is 0 Å². The standard InChI is InChI=1S/C16H26O3/c1-11(16(18)19)13-8-5-9-14(10-13)15(17)12-6-3-2-4-7-12/h11-14H,2-10H2,1H3,(H,18,19). The molecule has 0 bridgehead atoms. The molecule has 2 saturated carbocycles. The molecule has 2 aliphatic rings. The van der Waals surface area contributed by atoms with E-state index in [1.165, 1.54) is 19.3 Å². The summed E-state index contributed by atoms with van der Waals surface area (Å²) in [5.41, 5.74) is 0. The number of aliphatic carboxylic acids is 1. The number of carboxylic acid groups (broad SMARTS) is 1. The molecule has 0 aromatic heterocycles. The van der Waals surface area contributed by atoms with Gasteiger partial charge >= 0.3 is 5.97 Å². The third-order valence-corrected chi connectivity index (χ3v) is 5.22. The van der Waals surface area contributed by atoms with Crippen molar-refractivity contribution in [2.75, 3.05) is 0 Å². The fourth-order valence-electron chi connectivity index (χ4n) is 3.86. The van der Waals surface area contributed by atoms with Crippen LogP contribution in [0.4, 0.5) is 0 Å². The molecule has 0 aromatic rings. The quantitative estimate of drug-likeness (QED) is 0.844. The minimum Gasteiger partial charge on any atom is -0.481 e. The first-order chi connectivity index (χ1) is 9.09. The second-order valence-electron chi connectivity index (χ2n) is 6.49. The number of ketones is 1. The molecular formula is C16H26O3. The van der Waals surface area contributed by atoms with Gasteiger partial charge in [0.2, 0.25) is 0 Å². The van der Waals surface area contributed by atoms with Gasteiger partial charge in [-0.3, -0.25) is 9.59 Å². The Balaban J connectivity index is 1.92. The highest BCUT2D eigenvalue weighted by atomic mass is 16.4. The lowest BCUT2D eigenvalue weighted by Gasteiger charge is -2.33. The van der Waals surface area contributed by atoms with Gasteiger partial charge in [-0.1, -0.05) is 32.6 Å². The zero-order chi connectivity index (χ0) is 13.8. The summed E-state index contributed by atoms with van der Waals surface area (Å²) in [6.45, 7) is 1.79. The van der Waals surface area contributed by atoms with E-state index in [0.29, 0.717) is 5.78 Å². The maximum Gasteiger partial charge on any atom is 0.306 e. The Morgan fingerprint density at radius 1 is 0.947 bits per heavy atom. The lowest BCUT2D eigenvalue weighted by Crippen LogP contribution is -2.33. The Labute approximate surface area is 115 Å². The molecule has 3 atom stereocenters. The first-order valence-electron chi connectivity index (χ1n) is 7.86. The van der Waals surface area contributed by atoms with E-state index in [1.807, 2.05) is 0 Å². The number of carbonyl (C=O) groups is 2. The van der Waals surface area contributed by atoms with Crippen LogP contribution in [0, 0.1) is 23.7 Å². The molecule has 0 aliphatic heterocycles. The molecule has 0 spiro atoms. The summed E-state index contributed by atoms with van der Waals surface area (Å²) in [7, 11) is 0. The molecule has 1 N–H and O–H groups in total. The molecule has 2 rings (SSSR count). The third-order valence-electron chi connectivity index (χ3n) is 5.22. The zero-order valence-electron chi connectivity index (χ0n) is 11.9. The Morgan fingerprint density at radius 3 is 2.21 bits per heavy atom. The number of rotatable bonds is 4. The van der Waals surface area contributed by atoms with Crippen molar-refractivity contribution < 1.29 is 14.7 Å². The van der Waals surface area contributed by atoms with Crippen LogP contribution in [0.5, 0.6) is 0 Å². The number of carbonyl (C=O) groups excluding carboxylic acids is 1. The molecule has 0 aromatic carbocycles. The molecule has 3 unspecified atom stereocenters. The molecule has 108 valence electrons. The van der Waals surface area contributed by atoms with Crippen LogP contribution >= 0.6 is 0 Å². The van der Waals surface area contributed by atoms with Crippen LogP contribution in [0.25, 0.3) is 0 Å². The fraction of sp³-hybridized carbons (Fsp3) is 0.875. The van der Waals surface area contributed by atoms with E-state index in [1.54, 1.807) is 6.92 Å². The van der Waals surface area contributed by atoms with Crippen molar-refractivity contribution in [3.63, 3.8) is 0 Å². The molecule has 3 heteroatoms. The Kier molecular flexibility index (Phi) is 5.00. The van der Waals surface area contributed by atoms with E-state index in [0.717, 1.165) is 38.5 Å². The molecular weight excluding hydrogens is 240 g/mol. The second-order valence-corrected chi connectivity index (χ2v) is 6.49. The van der Waals surface area contributed by atoms with Crippen molar-refractivity contribution in [2.24, 2.45) is 23.7 Å². The monoisotopic (exact) mass is 266 g/mol. The summed E-state index contributed by atoms with van der Waals surface area (Å²) in [5.74, 6) is 0.0461. The van der Waals surface area contributed by atoms with Gasteiger partial charge in [-0.05, 0) is 38.0 Å². The van der Waals surface area contributed by atoms with Crippen molar-refractivity contribution in [2.45, 2.75) is 64.7 Å². The van der Waals surface area contributed by atoms with Gasteiger partial charge in [0.25, 0.3) is 0 Å². The van der Waals surface area contributed by atoms with E-state index in [4.69, 9.17) is 5.11 Å². The van der Waals surface area contributed by atoms with Gasteiger partial charge in [0.15, 0.2) is 0 Å². The van der Waals surface area contributed by atoms with Crippen LogP contribution in [0.15, 0.2) is 0 Å². The highest BCUT2D eigenvalue weighted by Gasteiger charge is 2.35. The van der Waals surface area contributed by atoms with E-state index < -0.39 is 5.97 Å². The number of hydrogen-bond acceptors (Lipinski definition) is 2. The van der Waals surface area contributed by atoms with E-state index in [-0.39, 0.29) is 23.7 Å². The van der Waals surface area contributed by atoms with Gasteiger partial charge in [-0.15, -0.1) is 0 Å². The maximum atomic E-state index is 12.5. The first-order valence-corrected chi connectivity index (χ1v) is 7.86. The smallest absolute Gasteiger partial charge is 0.306 e. The molecule has 2 fully saturated rings. The number of hydrogen-bond donors (Lipinski definition) is 1. The summed E-state index contributed by atoms with van der Waals surface area (Å²) in [5, 5.41) is 9.12. The third kappa shape index (κ3) is 3.58. The van der Waals surface area contributed by atoms with Gasteiger partial charge < -0.3 is 5.11 Å². The van der Waals surface area contributed by atoms with Gasteiger partial charge in [-0.2, -0.15) is 0 Å². The fourth-order valence-corrected chi connectivity index (χ4v) is 3.86. The van der Waals surface area contributed by atoms with Gasteiger partial charge in [-0.25, -0.2) is 0 Å². The minimum atomic E-state index is -0.712. The predicted molar refractivity (Wildman–Crippen MR) is 73.8 cm³/mol. The van der Waals surface area contributed by atoms with Crippen LogP contribution in [0.2, 0.25) is 0 Å². The van der Waals surface area contributed by atoms with Crippen LogP contribution in [-0.2, 0) is 9.59 Å². The van der Waals surface area contributed by atoms with E-state index in [2.05, 4.69) is 0 Å². The molecule has 0 saturated heterocycles. The highest BCUT2D eigenvalue weighted by molar-refractivity contribution is 5.83. The van der Waals surface area contributed by atoms with Crippen molar-refractivity contribution >= 4 is 11.8 Å². The van der Waals surface area contributed by atoms with Crippen LogP contribution in [0.1, 0.15) is 64.7 Å². The normalized spacial score (nSPS) is 30.8. The summed E-state index contributed by atoms with van der Waals surface area (Å²) < 4.78 is 0. The van der Waals surface area contributed by atoms with Crippen molar-refractivity contribution in [3.8, 4) is 0 Å². The van der Waals surface area contributed by atoms with E-state index >= 15 is 0 Å². The average Bonchev–Trinajstić information content (AvgIpc) is 2.46. The lowest BCUT2D eigenvalue weighted by atomic mass is 9.70. The Morgan fingerprint density at radius 2 is 1.58 bits per heavy atom. The van der Waals surface area contributed by atoms with Crippen molar-refractivity contribution in [1.82, 2.24) is 0 Å². The maximum absolute atomic E-state index is 12.5. The topological polar surface area (TPSA) is 54.4 Å². The van der Waals surface area contributed by atoms with Crippen LogP contribution in [-0.4, -0.2) is 16.9 Å². The summed E-state index contributed by atoms with van der Waals surface area (Å²) >= 11 is 0. The second kappa shape index (κ2) is 6.53. The Bertz CT molecular complexity index is 331. The zero-order valence-corrected chi connectivity index (χ0v) is 11.9. The minimum absolute atomic E-state index is 0.142. The first kappa shape index (κ1) is 14.5. The van der Waals surface area contributed by atoms with Gasteiger partial charge in [0.05, 0.1) is 5.92 Å². The average molecular weight is 266 g/mol. The van der Waals surface area contributed by atoms with E-state index in [9.17, 15) is 9.59 Å². The molecule has 0 heterocycles. The molecule has 2 aliphatic carbocycles. The SMILES string of the molecule is CC(C(=O)O)C1CCCC(C(=O)C2CCCCC2)C1. The largest absolute Gasteiger partial charge is 0.481 e. The summed E-state index contributed by atoms with van der Waals surface area (Å²) in [4.78, 5) is 23.6. The number of carboxylic acids is 1. The summed E-state index contributed by atoms with van der Waals surface area (Å²) in [6.07, 6.45) is 9.57. The molecule has 0 amide bonds. The highest BCUT2D eigenvalue weighted by Crippen LogP contribution is 2.37. The molecule has 19 heavy (non-hydrogen) atoms.